The van der Waals surface area contributed by atoms with Crippen molar-refractivity contribution in [3.05, 3.63) is 36.3 Å². The summed E-state index contributed by atoms with van der Waals surface area (Å²) in [6.07, 6.45) is 8.10. The van der Waals surface area contributed by atoms with Crippen LogP contribution in [0.2, 0.25) is 0 Å². The van der Waals surface area contributed by atoms with Crippen molar-refractivity contribution in [3.63, 3.8) is 0 Å². The summed E-state index contributed by atoms with van der Waals surface area (Å²) >= 11 is 0. The van der Waals surface area contributed by atoms with Crippen LogP contribution in [0.5, 0.6) is 0 Å². The number of hydrogen-bond acceptors (Lipinski definition) is 2. The number of carboxylic acid groups (broad SMARTS) is 1. The molecule has 1 saturated carbocycles. The number of furan rings is 1. The van der Waals surface area contributed by atoms with Crippen LogP contribution in [-0.2, 0) is 11.2 Å². The number of hydrogen-bond donors (Lipinski definition) is 1. The van der Waals surface area contributed by atoms with Gasteiger partial charge in [0.15, 0.2) is 0 Å². The first kappa shape index (κ1) is 9.70. The molecule has 0 aliphatic heterocycles. The molecule has 1 aromatic rings. The van der Waals surface area contributed by atoms with Gasteiger partial charge in [-0.1, -0.05) is 12.2 Å². The number of fused-ring (bicyclic) bond motifs is 2. The molecular formula is C13H14O3. The van der Waals surface area contributed by atoms with Crippen molar-refractivity contribution in [2.24, 2.45) is 17.3 Å². The van der Waals surface area contributed by atoms with Gasteiger partial charge < -0.3 is 9.52 Å². The van der Waals surface area contributed by atoms with Crippen molar-refractivity contribution in [1.82, 2.24) is 0 Å². The van der Waals surface area contributed by atoms with Gasteiger partial charge in [-0.2, -0.15) is 0 Å². The Kier molecular flexibility index (Phi) is 1.96. The number of carbonyl (C=O) groups is 1. The average Bonchev–Trinajstić information content (AvgIpc) is 2.92. The smallest absolute Gasteiger partial charge is 0.310 e. The summed E-state index contributed by atoms with van der Waals surface area (Å²) in [5, 5.41) is 9.51. The quantitative estimate of drug-likeness (QED) is 0.793. The Morgan fingerprint density at radius 1 is 1.56 bits per heavy atom. The van der Waals surface area contributed by atoms with Gasteiger partial charge in [-0.3, -0.25) is 4.79 Å². The molecule has 3 rings (SSSR count). The van der Waals surface area contributed by atoms with Crippen LogP contribution < -0.4 is 0 Å². The summed E-state index contributed by atoms with van der Waals surface area (Å²) in [5.41, 5.74) is -0.628. The second-order valence-electron chi connectivity index (χ2n) is 4.91. The Balaban J connectivity index is 1.93. The van der Waals surface area contributed by atoms with Crippen LogP contribution in [0.4, 0.5) is 0 Å². The van der Waals surface area contributed by atoms with Crippen LogP contribution in [0.15, 0.2) is 35.0 Å². The third-order valence-electron chi connectivity index (χ3n) is 4.00. The molecule has 1 aromatic heterocycles. The van der Waals surface area contributed by atoms with E-state index < -0.39 is 11.4 Å². The van der Waals surface area contributed by atoms with Gasteiger partial charge in [0.05, 0.1) is 11.7 Å². The van der Waals surface area contributed by atoms with Crippen LogP contribution in [0.1, 0.15) is 18.6 Å². The molecule has 0 unspecified atom stereocenters. The van der Waals surface area contributed by atoms with E-state index in [1.54, 1.807) is 6.26 Å². The second-order valence-corrected chi connectivity index (χ2v) is 4.91. The lowest BCUT2D eigenvalue weighted by Gasteiger charge is -2.30. The highest BCUT2D eigenvalue weighted by Crippen LogP contribution is 2.53. The molecule has 0 saturated heterocycles. The van der Waals surface area contributed by atoms with Crippen molar-refractivity contribution >= 4 is 5.97 Å². The van der Waals surface area contributed by atoms with E-state index in [-0.39, 0.29) is 5.92 Å². The summed E-state index contributed by atoms with van der Waals surface area (Å²) < 4.78 is 5.29. The van der Waals surface area contributed by atoms with Crippen molar-refractivity contribution in [2.75, 3.05) is 0 Å². The molecule has 1 N–H and O–H groups in total. The van der Waals surface area contributed by atoms with E-state index in [4.69, 9.17) is 4.42 Å². The maximum absolute atomic E-state index is 11.6. The average molecular weight is 218 g/mol. The second kappa shape index (κ2) is 3.24. The molecule has 84 valence electrons. The number of allylic oxidation sites excluding steroid dienone is 2. The standard InChI is InChI=1S/C13H14O3/c14-12(15)13(8-11-2-1-5-16-11)7-9-3-4-10(13)6-9/h1-5,9-10H,6-8H2,(H,14,15)/t9-,10+,13-/m1/s1. The van der Waals surface area contributed by atoms with Gasteiger partial charge in [0, 0.05) is 6.42 Å². The first-order valence-corrected chi connectivity index (χ1v) is 5.65. The number of aliphatic carboxylic acids is 1. The van der Waals surface area contributed by atoms with Gasteiger partial charge >= 0.3 is 5.97 Å². The highest BCUT2D eigenvalue weighted by Gasteiger charge is 2.53. The van der Waals surface area contributed by atoms with Crippen LogP contribution in [0, 0.1) is 17.3 Å². The summed E-state index contributed by atoms with van der Waals surface area (Å²) in [6, 6.07) is 3.67. The van der Waals surface area contributed by atoms with E-state index in [0.717, 1.165) is 18.6 Å². The van der Waals surface area contributed by atoms with Crippen LogP contribution in [0.3, 0.4) is 0 Å². The van der Waals surface area contributed by atoms with E-state index in [0.29, 0.717) is 12.3 Å². The molecule has 0 aromatic carbocycles. The van der Waals surface area contributed by atoms with Crippen molar-refractivity contribution < 1.29 is 14.3 Å². The van der Waals surface area contributed by atoms with Crippen molar-refractivity contribution in [2.45, 2.75) is 19.3 Å². The van der Waals surface area contributed by atoms with E-state index in [1.807, 2.05) is 12.1 Å². The zero-order valence-corrected chi connectivity index (χ0v) is 8.93. The topological polar surface area (TPSA) is 50.4 Å². The molecule has 2 bridgehead atoms. The molecule has 1 fully saturated rings. The minimum atomic E-state index is -0.680. The monoisotopic (exact) mass is 218 g/mol. The Bertz CT molecular complexity index is 432. The van der Waals surface area contributed by atoms with Crippen LogP contribution >= 0.6 is 0 Å². The molecule has 0 amide bonds. The van der Waals surface area contributed by atoms with Gasteiger partial charge in [0.1, 0.15) is 5.76 Å². The normalized spacial score (nSPS) is 35.8. The Morgan fingerprint density at radius 2 is 2.44 bits per heavy atom. The molecule has 2 aliphatic rings. The predicted molar refractivity (Wildman–Crippen MR) is 57.8 cm³/mol. The molecule has 16 heavy (non-hydrogen) atoms. The maximum Gasteiger partial charge on any atom is 0.310 e. The summed E-state index contributed by atoms with van der Waals surface area (Å²) in [6.45, 7) is 0. The molecule has 3 atom stereocenters. The van der Waals surface area contributed by atoms with Gasteiger partial charge in [-0.05, 0) is 36.8 Å². The van der Waals surface area contributed by atoms with Crippen molar-refractivity contribution in [3.8, 4) is 0 Å². The van der Waals surface area contributed by atoms with Gasteiger partial charge in [0.25, 0.3) is 0 Å². The van der Waals surface area contributed by atoms with Crippen LogP contribution in [-0.4, -0.2) is 11.1 Å². The summed E-state index contributed by atoms with van der Waals surface area (Å²) in [7, 11) is 0. The highest BCUT2D eigenvalue weighted by molar-refractivity contribution is 5.77. The fourth-order valence-corrected chi connectivity index (χ4v) is 3.20. The molecule has 1 heterocycles. The third kappa shape index (κ3) is 1.24. The lowest BCUT2D eigenvalue weighted by Crippen LogP contribution is -2.37. The fourth-order valence-electron chi connectivity index (χ4n) is 3.20. The molecule has 3 heteroatoms. The Hall–Kier alpha value is -1.51. The largest absolute Gasteiger partial charge is 0.481 e. The lowest BCUT2D eigenvalue weighted by atomic mass is 9.72. The molecule has 0 radical (unpaired) electrons. The SMILES string of the molecule is O=C(O)[C@@]1(Cc2ccco2)C[C@@H]2C=C[C@H]1C2. The first-order chi connectivity index (χ1) is 7.71. The fraction of sp³-hybridized carbons (Fsp3) is 0.462. The molecule has 2 aliphatic carbocycles. The van der Waals surface area contributed by atoms with Gasteiger partial charge in [0.2, 0.25) is 0 Å². The summed E-state index contributed by atoms with van der Waals surface area (Å²) in [4.78, 5) is 11.6. The zero-order chi connectivity index (χ0) is 11.2. The van der Waals surface area contributed by atoms with E-state index >= 15 is 0 Å². The van der Waals surface area contributed by atoms with Gasteiger partial charge in [-0.15, -0.1) is 0 Å². The van der Waals surface area contributed by atoms with Crippen molar-refractivity contribution in [1.29, 1.82) is 0 Å². The molecular weight excluding hydrogens is 204 g/mol. The molecule has 0 spiro atoms. The lowest BCUT2D eigenvalue weighted by molar-refractivity contribution is -0.150. The maximum atomic E-state index is 11.6. The molecule has 3 nitrogen and oxygen atoms in total. The minimum Gasteiger partial charge on any atom is -0.481 e. The number of rotatable bonds is 3. The first-order valence-electron chi connectivity index (χ1n) is 5.65. The van der Waals surface area contributed by atoms with Gasteiger partial charge in [-0.25, -0.2) is 0 Å². The summed E-state index contributed by atoms with van der Waals surface area (Å²) in [5.74, 6) is 0.736. The minimum absolute atomic E-state index is 0.181. The third-order valence-corrected chi connectivity index (χ3v) is 4.00. The highest BCUT2D eigenvalue weighted by atomic mass is 16.4. The van der Waals surface area contributed by atoms with E-state index in [9.17, 15) is 9.90 Å². The Labute approximate surface area is 93.8 Å². The van der Waals surface area contributed by atoms with E-state index in [2.05, 4.69) is 12.2 Å². The number of carboxylic acids is 1. The zero-order valence-electron chi connectivity index (χ0n) is 8.93. The van der Waals surface area contributed by atoms with Crippen LogP contribution in [0.25, 0.3) is 0 Å². The predicted octanol–water partition coefficient (Wildman–Crippen LogP) is 2.49. The Morgan fingerprint density at radius 3 is 2.94 bits per heavy atom. The van der Waals surface area contributed by atoms with E-state index in [1.165, 1.54) is 0 Å².